The maximum atomic E-state index is 3.93. The number of hydrogen-bond acceptors (Lipinski definition) is 1. The molecule has 2 aromatic carbocycles. The maximum absolute atomic E-state index is 3.93. The highest BCUT2D eigenvalue weighted by atomic mass is 15.2. The molecular weight excluding hydrogens is 230 g/mol. The zero-order valence-corrected chi connectivity index (χ0v) is 10.9. The van der Waals surface area contributed by atoms with E-state index in [4.69, 9.17) is 0 Å². The van der Waals surface area contributed by atoms with Gasteiger partial charge in [0.25, 0.3) is 0 Å². The van der Waals surface area contributed by atoms with Gasteiger partial charge in [-0.2, -0.15) is 0 Å². The molecule has 2 aliphatic rings. The SMILES string of the molecule is C=CCN1c2ccccc2C2Cc3ccccc3C21. The van der Waals surface area contributed by atoms with Crippen LogP contribution in [0.3, 0.4) is 0 Å². The Morgan fingerprint density at radius 1 is 1.05 bits per heavy atom. The van der Waals surface area contributed by atoms with Crippen molar-refractivity contribution < 1.29 is 0 Å². The van der Waals surface area contributed by atoms with Crippen molar-refractivity contribution in [2.24, 2.45) is 0 Å². The molecule has 0 spiro atoms. The van der Waals surface area contributed by atoms with Crippen molar-refractivity contribution in [3.05, 3.63) is 77.9 Å². The van der Waals surface area contributed by atoms with Crippen LogP contribution in [-0.4, -0.2) is 6.54 Å². The van der Waals surface area contributed by atoms with Crippen LogP contribution in [0.2, 0.25) is 0 Å². The molecule has 0 saturated heterocycles. The normalized spacial score (nSPS) is 22.8. The summed E-state index contributed by atoms with van der Waals surface area (Å²) in [5.74, 6) is 0.619. The average molecular weight is 247 g/mol. The quantitative estimate of drug-likeness (QED) is 0.723. The Kier molecular flexibility index (Phi) is 2.28. The van der Waals surface area contributed by atoms with Gasteiger partial charge in [0.15, 0.2) is 0 Å². The molecule has 0 fully saturated rings. The van der Waals surface area contributed by atoms with E-state index in [2.05, 4.69) is 60.0 Å². The predicted octanol–water partition coefficient (Wildman–Crippen LogP) is 4.07. The molecule has 19 heavy (non-hydrogen) atoms. The molecule has 1 heteroatoms. The Morgan fingerprint density at radius 3 is 2.63 bits per heavy atom. The molecule has 0 aromatic heterocycles. The molecule has 1 heterocycles. The highest BCUT2D eigenvalue weighted by molar-refractivity contribution is 5.66. The zero-order chi connectivity index (χ0) is 12.8. The van der Waals surface area contributed by atoms with Gasteiger partial charge in [-0.1, -0.05) is 48.5 Å². The molecule has 94 valence electrons. The number of para-hydroxylation sites is 1. The van der Waals surface area contributed by atoms with Gasteiger partial charge >= 0.3 is 0 Å². The van der Waals surface area contributed by atoms with Gasteiger partial charge in [-0.15, -0.1) is 6.58 Å². The van der Waals surface area contributed by atoms with Crippen molar-refractivity contribution in [3.8, 4) is 0 Å². The lowest BCUT2D eigenvalue weighted by Gasteiger charge is -2.26. The number of anilines is 1. The average Bonchev–Trinajstić information content (AvgIpc) is 2.96. The minimum atomic E-state index is 0.506. The number of hydrogen-bond donors (Lipinski definition) is 0. The standard InChI is InChI=1S/C18H17N/c1-2-11-19-17-10-6-5-9-15(17)16-12-13-7-3-4-8-14(13)18(16)19/h2-10,16,18H,1,11-12H2. The highest BCUT2D eigenvalue weighted by Gasteiger charge is 2.43. The van der Waals surface area contributed by atoms with E-state index in [0.29, 0.717) is 12.0 Å². The molecule has 0 amide bonds. The largest absolute Gasteiger partial charge is 0.360 e. The van der Waals surface area contributed by atoms with Crippen LogP contribution in [0.25, 0.3) is 0 Å². The predicted molar refractivity (Wildman–Crippen MR) is 79.6 cm³/mol. The van der Waals surface area contributed by atoms with Gasteiger partial charge in [-0.3, -0.25) is 0 Å². The van der Waals surface area contributed by atoms with Crippen molar-refractivity contribution in [3.63, 3.8) is 0 Å². The number of nitrogens with zero attached hydrogens (tertiary/aromatic N) is 1. The van der Waals surface area contributed by atoms with Gasteiger partial charge in [-0.05, 0) is 29.2 Å². The van der Waals surface area contributed by atoms with E-state index in [1.807, 2.05) is 6.08 Å². The summed E-state index contributed by atoms with van der Waals surface area (Å²) in [7, 11) is 0. The highest BCUT2D eigenvalue weighted by Crippen LogP contribution is 2.54. The second kappa shape index (κ2) is 3.99. The third-order valence-corrected chi connectivity index (χ3v) is 4.50. The van der Waals surface area contributed by atoms with E-state index in [9.17, 15) is 0 Å². The fraction of sp³-hybridized carbons (Fsp3) is 0.222. The number of rotatable bonds is 2. The Morgan fingerprint density at radius 2 is 1.79 bits per heavy atom. The van der Waals surface area contributed by atoms with Crippen molar-refractivity contribution >= 4 is 5.69 Å². The molecule has 2 atom stereocenters. The van der Waals surface area contributed by atoms with Gasteiger partial charge in [-0.25, -0.2) is 0 Å². The van der Waals surface area contributed by atoms with E-state index in [0.717, 1.165) is 6.54 Å². The molecule has 4 rings (SSSR count). The summed E-state index contributed by atoms with van der Waals surface area (Å²) < 4.78 is 0. The van der Waals surface area contributed by atoms with Crippen molar-refractivity contribution in [2.45, 2.75) is 18.4 Å². The van der Waals surface area contributed by atoms with Gasteiger partial charge in [0.2, 0.25) is 0 Å². The van der Waals surface area contributed by atoms with E-state index < -0.39 is 0 Å². The van der Waals surface area contributed by atoms with E-state index in [-0.39, 0.29) is 0 Å². The molecule has 2 unspecified atom stereocenters. The van der Waals surface area contributed by atoms with Crippen LogP contribution in [0.15, 0.2) is 61.2 Å². The lowest BCUT2D eigenvalue weighted by Crippen LogP contribution is -2.24. The molecule has 1 aliphatic heterocycles. The van der Waals surface area contributed by atoms with Gasteiger partial charge in [0.05, 0.1) is 6.04 Å². The first-order valence-corrected chi connectivity index (χ1v) is 6.94. The van der Waals surface area contributed by atoms with Crippen LogP contribution in [0, 0.1) is 0 Å². The van der Waals surface area contributed by atoms with Crippen molar-refractivity contribution in [1.29, 1.82) is 0 Å². The Balaban J connectivity index is 1.88. The first kappa shape index (κ1) is 10.9. The monoisotopic (exact) mass is 247 g/mol. The van der Waals surface area contributed by atoms with Crippen LogP contribution in [0.4, 0.5) is 5.69 Å². The summed E-state index contributed by atoms with van der Waals surface area (Å²) in [5, 5.41) is 0. The van der Waals surface area contributed by atoms with Gasteiger partial charge in [0, 0.05) is 18.2 Å². The Bertz CT molecular complexity index is 644. The molecule has 0 N–H and O–H groups in total. The summed E-state index contributed by atoms with van der Waals surface area (Å²) in [5.41, 5.74) is 5.92. The maximum Gasteiger partial charge on any atom is 0.0621 e. The molecule has 2 aromatic rings. The first-order chi connectivity index (χ1) is 9.40. The first-order valence-electron chi connectivity index (χ1n) is 6.94. The molecule has 0 bridgehead atoms. The third-order valence-electron chi connectivity index (χ3n) is 4.50. The fourth-order valence-electron chi connectivity index (χ4n) is 3.80. The second-order valence-corrected chi connectivity index (χ2v) is 5.45. The van der Waals surface area contributed by atoms with Crippen LogP contribution < -0.4 is 4.90 Å². The van der Waals surface area contributed by atoms with E-state index in [1.54, 1.807) is 0 Å². The van der Waals surface area contributed by atoms with Crippen molar-refractivity contribution in [2.75, 3.05) is 11.4 Å². The van der Waals surface area contributed by atoms with Crippen LogP contribution in [0.1, 0.15) is 28.7 Å². The summed E-state index contributed by atoms with van der Waals surface area (Å²) in [4.78, 5) is 2.51. The molecular formula is C18H17N. The Labute approximate surface area is 114 Å². The minimum absolute atomic E-state index is 0.506. The van der Waals surface area contributed by atoms with E-state index in [1.165, 1.54) is 28.8 Å². The number of benzene rings is 2. The number of fused-ring (bicyclic) bond motifs is 5. The summed E-state index contributed by atoms with van der Waals surface area (Å²) in [6.07, 6.45) is 3.19. The third kappa shape index (κ3) is 1.42. The lowest BCUT2D eigenvalue weighted by molar-refractivity contribution is 0.604. The molecule has 0 saturated carbocycles. The molecule has 0 radical (unpaired) electrons. The van der Waals surface area contributed by atoms with E-state index >= 15 is 0 Å². The lowest BCUT2D eigenvalue weighted by atomic mass is 9.96. The molecule has 1 nitrogen and oxygen atoms in total. The summed E-state index contributed by atoms with van der Waals surface area (Å²) in [6.45, 7) is 4.85. The summed E-state index contributed by atoms with van der Waals surface area (Å²) >= 11 is 0. The van der Waals surface area contributed by atoms with Crippen LogP contribution in [-0.2, 0) is 6.42 Å². The fourth-order valence-corrected chi connectivity index (χ4v) is 3.80. The summed E-state index contributed by atoms with van der Waals surface area (Å²) in [6, 6.07) is 18.2. The Hall–Kier alpha value is -2.02. The van der Waals surface area contributed by atoms with Crippen LogP contribution >= 0.6 is 0 Å². The van der Waals surface area contributed by atoms with Crippen molar-refractivity contribution in [1.82, 2.24) is 0 Å². The smallest absolute Gasteiger partial charge is 0.0621 e. The van der Waals surface area contributed by atoms with Gasteiger partial charge in [0.1, 0.15) is 0 Å². The minimum Gasteiger partial charge on any atom is -0.360 e. The van der Waals surface area contributed by atoms with Gasteiger partial charge < -0.3 is 4.90 Å². The molecule has 1 aliphatic carbocycles. The second-order valence-electron chi connectivity index (χ2n) is 5.45. The van der Waals surface area contributed by atoms with Crippen LogP contribution in [0.5, 0.6) is 0 Å². The topological polar surface area (TPSA) is 3.24 Å². The zero-order valence-electron chi connectivity index (χ0n) is 10.9.